The van der Waals surface area contributed by atoms with Crippen LogP contribution in [0.3, 0.4) is 0 Å². The molecule has 9 rings (SSSR count). The van der Waals surface area contributed by atoms with Crippen LogP contribution in [-0.4, -0.2) is 6.15 Å². The van der Waals surface area contributed by atoms with Crippen molar-refractivity contribution in [1.29, 1.82) is 0 Å². The second kappa shape index (κ2) is 23.9. The van der Waals surface area contributed by atoms with Gasteiger partial charge in [0.1, 0.15) is 52.7 Å². The fraction of sp³-hybridized carbons (Fsp3) is 0. The topological polar surface area (TPSA) is 0 Å². The lowest BCUT2D eigenvalue weighted by molar-refractivity contribution is -0.597. The summed E-state index contributed by atoms with van der Waals surface area (Å²) in [5.41, 5.74) is -14.3. The SMILES string of the molecule is Fc1c(F)c(F)c([B-](c2c(F)c(F)c(F)c(F)c2F)(c2c(F)c(F)c(F)c(F)c2F)c2c(F)c(F)c(F)c(F)c2F)c(F)c1F.c1ccc([I+]c2ccccc2)cc1.c1ccc([S+](c2ccccc2)c2ccccc2)cc1. The third-order valence-corrected chi connectivity index (χ3v) is 16.2. The van der Waals surface area contributed by atoms with E-state index in [9.17, 15) is 52.7 Å². The van der Waals surface area contributed by atoms with Gasteiger partial charge in [0, 0.05) is 0 Å². The highest BCUT2D eigenvalue weighted by atomic mass is 127. The molecule has 0 spiro atoms. The Morgan fingerprint density at radius 3 is 0.545 bits per heavy atom. The first-order valence-corrected chi connectivity index (χ1v) is 24.9. The summed E-state index contributed by atoms with van der Waals surface area (Å²) in [5.74, 6) is -71.4. The molecule has 0 heterocycles. The molecule has 0 aliphatic carbocycles. The van der Waals surface area contributed by atoms with Crippen molar-refractivity contribution in [1.82, 2.24) is 0 Å². The van der Waals surface area contributed by atoms with Gasteiger partial charge in [-0.15, -0.1) is 21.9 Å². The second-order valence-corrected chi connectivity index (χ2v) is 20.8. The first-order chi connectivity index (χ1) is 36.6. The summed E-state index contributed by atoms with van der Waals surface area (Å²) < 4.78 is 297. The summed E-state index contributed by atoms with van der Waals surface area (Å²) in [5, 5.41) is 0. The van der Waals surface area contributed by atoms with Crippen molar-refractivity contribution < 1.29 is 109 Å². The van der Waals surface area contributed by atoms with E-state index in [0.29, 0.717) is 0 Å². The van der Waals surface area contributed by atoms with Gasteiger partial charge in [-0.3, -0.25) is 0 Å². The van der Waals surface area contributed by atoms with Crippen LogP contribution in [0.2, 0.25) is 0 Å². The molecule has 0 nitrogen and oxygen atoms in total. The minimum atomic E-state index is -7.22. The number of rotatable bonds is 9. The van der Waals surface area contributed by atoms with E-state index in [1.807, 2.05) is 0 Å². The molecule has 396 valence electrons. The first kappa shape index (κ1) is 57.4. The predicted molar refractivity (Wildman–Crippen MR) is 241 cm³/mol. The smallest absolute Gasteiger partial charge is 0.207 e. The molecule has 0 bridgehead atoms. The average molecular weight is 1220 g/mol. The van der Waals surface area contributed by atoms with E-state index in [1.54, 1.807) is 0 Å². The predicted octanol–water partition coefficient (Wildman–Crippen LogP) is 10.4. The van der Waals surface area contributed by atoms with Crippen molar-refractivity contribution in [2.24, 2.45) is 0 Å². The lowest BCUT2D eigenvalue weighted by Gasteiger charge is -2.44. The zero-order chi connectivity index (χ0) is 56.2. The van der Waals surface area contributed by atoms with Crippen LogP contribution in [0, 0.1) is 123 Å². The van der Waals surface area contributed by atoms with Gasteiger partial charge in [0.25, 0.3) is 0 Å². The van der Waals surface area contributed by atoms with E-state index in [1.165, 1.54) is 21.8 Å². The lowest BCUT2D eigenvalue weighted by Crippen LogP contribution is -3.61. The van der Waals surface area contributed by atoms with Crippen molar-refractivity contribution in [3.8, 4) is 0 Å². The van der Waals surface area contributed by atoms with Crippen LogP contribution in [0.1, 0.15) is 0 Å². The molecule has 9 aromatic rings. The van der Waals surface area contributed by atoms with Crippen LogP contribution in [0.5, 0.6) is 0 Å². The highest BCUT2D eigenvalue weighted by Gasteiger charge is 2.52. The second-order valence-electron chi connectivity index (χ2n) is 15.7. The van der Waals surface area contributed by atoms with Crippen molar-refractivity contribution in [2.75, 3.05) is 0 Å². The van der Waals surface area contributed by atoms with Crippen LogP contribution in [-0.2, 0) is 10.9 Å². The molecule has 0 fully saturated rings. The van der Waals surface area contributed by atoms with E-state index >= 15 is 35.1 Å². The monoisotopic (exact) mass is 1220 g/mol. The molecule has 0 amide bonds. The molecule has 0 aliphatic heterocycles. The molecular formula is C54H25BF20IS+. The number of benzene rings is 9. The summed E-state index contributed by atoms with van der Waals surface area (Å²) in [6.45, 7) is 0. The van der Waals surface area contributed by atoms with Crippen molar-refractivity contribution in [3.05, 3.63) is 275 Å². The largest absolute Gasteiger partial charge is 0.357 e. The molecule has 0 N–H and O–H groups in total. The Labute approximate surface area is 435 Å². The number of hydrogen-bond acceptors (Lipinski definition) is 0. The van der Waals surface area contributed by atoms with Gasteiger partial charge in [0.2, 0.25) is 0 Å². The van der Waals surface area contributed by atoms with Gasteiger partial charge in [-0.25, -0.2) is 87.8 Å². The Hall–Kier alpha value is -7.28. The summed E-state index contributed by atoms with van der Waals surface area (Å²) in [6, 6.07) is 53.6. The Balaban J connectivity index is 0.000000216. The highest BCUT2D eigenvalue weighted by Crippen LogP contribution is 2.33. The quantitative estimate of drug-likeness (QED) is 0.0338. The van der Waals surface area contributed by atoms with Gasteiger partial charge in [-0.1, -0.05) is 91.0 Å². The minimum absolute atomic E-state index is 0.0146. The van der Waals surface area contributed by atoms with Crippen LogP contribution in [0.25, 0.3) is 0 Å². The fourth-order valence-electron chi connectivity index (χ4n) is 8.03. The maximum Gasteiger partial charge on any atom is 0.357 e. The van der Waals surface area contributed by atoms with Crippen molar-refractivity contribution >= 4 is 38.9 Å². The third kappa shape index (κ3) is 10.7. The molecule has 9 aromatic carbocycles. The maximum absolute atomic E-state index is 15.4. The van der Waals surface area contributed by atoms with Gasteiger partial charge >= 0.3 is 21.2 Å². The molecule has 0 atom stereocenters. The van der Waals surface area contributed by atoms with E-state index in [4.69, 9.17) is 0 Å². The standard InChI is InChI=1S/C24BF20.C18H15S.C12H10I/c26-5-1(6(27)14(35)21(42)13(5)34)25(2-7(28)15(36)22(43)16(37)8(2)29,3-9(30)17(38)23(44)18(39)10(3)31)4-11(32)19(40)24(45)20(41)12(4)33;1-4-10-16(11-5-1)19(17-12-6-2-7-13-17)18-14-8-3-9-15-18;1-3-7-11(8-4-1)13-12-9-5-2-6-10-12/h;1-15H;1-10H/q-1;2*+1. The first-order valence-electron chi connectivity index (χ1n) is 21.5. The lowest BCUT2D eigenvalue weighted by atomic mass is 9.12. The zero-order valence-corrected chi connectivity index (χ0v) is 40.8. The molecular weight excluding hydrogens is 1200 g/mol. The Bertz CT molecular complexity index is 3090. The zero-order valence-electron chi connectivity index (χ0n) is 37.9. The molecule has 77 heavy (non-hydrogen) atoms. The molecule has 0 aromatic heterocycles. The van der Waals surface area contributed by atoms with Crippen molar-refractivity contribution in [3.63, 3.8) is 0 Å². The molecule has 0 unspecified atom stereocenters. The Morgan fingerprint density at radius 2 is 0.364 bits per heavy atom. The third-order valence-electron chi connectivity index (χ3n) is 11.3. The van der Waals surface area contributed by atoms with Crippen LogP contribution in [0.4, 0.5) is 87.8 Å². The minimum Gasteiger partial charge on any atom is -0.207 e. The fourth-order valence-corrected chi connectivity index (χ4v) is 12.4. The van der Waals surface area contributed by atoms with E-state index in [0.717, 1.165) is 0 Å². The average Bonchev–Trinajstić information content (AvgIpc) is 3.46. The Kier molecular flexibility index (Phi) is 17.9. The molecule has 23 heteroatoms. The van der Waals surface area contributed by atoms with Gasteiger partial charge in [-0.05, 0) is 60.7 Å². The summed E-state index contributed by atoms with van der Waals surface area (Å²) in [7, 11) is -0.0146. The van der Waals surface area contributed by atoms with Crippen LogP contribution in [0.15, 0.2) is 166 Å². The van der Waals surface area contributed by atoms with Gasteiger partial charge in [-0.2, -0.15) is 0 Å². The normalized spacial score (nSPS) is 11.3. The molecule has 0 radical (unpaired) electrons. The van der Waals surface area contributed by atoms with Crippen molar-refractivity contribution in [2.45, 2.75) is 14.7 Å². The van der Waals surface area contributed by atoms with Crippen LogP contribution < -0.4 is 43.1 Å². The van der Waals surface area contributed by atoms with E-state index < -0.39 is 144 Å². The number of halogens is 21. The molecule has 0 saturated heterocycles. The summed E-state index contributed by atoms with van der Waals surface area (Å²) in [6.07, 6.45) is -7.22. The maximum atomic E-state index is 15.4. The van der Waals surface area contributed by atoms with Gasteiger partial charge in [0.15, 0.2) is 91.6 Å². The summed E-state index contributed by atoms with van der Waals surface area (Å²) >= 11 is 0.0287. The highest BCUT2D eigenvalue weighted by molar-refractivity contribution is 7.97. The molecule has 0 saturated carbocycles. The van der Waals surface area contributed by atoms with Crippen LogP contribution >= 0.6 is 0 Å². The Morgan fingerprint density at radius 1 is 0.208 bits per heavy atom. The van der Waals surface area contributed by atoms with Gasteiger partial charge < -0.3 is 0 Å². The van der Waals surface area contributed by atoms with Gasteiger partial charge in [0.05, 0.1) is 10.9 Å². The van der Waals surface area contributed by atoms with E-state index in [-0.39, 0.29) is 32.1 Å². The van der Waals surface area contributed by atoms with E-state index in [2.05, 4.69) is 152 Å². The molecule has 0 aliphatic rings. The summed E-state index contributed by atoms with van der Waals surface area (Å²) in [4.78, 5) is 4.08. The number of hydrogen-bond donors (Lipinski definition) is 0.